The summed E-state index contributed by atoms with van der Waals surface area (Å²) in [5.74, 6) is -1.85. The lowest BCUT2D eigenvalue weighted by Crippen LogP contribution is -2.44. The van der Waals surface area contributed by atoms with Crippen LogP contribution in [0.1, 0.15) is 23.2 Å². The molecule has 1 aliphatic rings. The second kappa shape index (κ2) is 4.94. The maximum Gasteiger partial charge on any atom is 0.259 e. The Kier molecular flexibility index (Phi) is 3.52. The number of halogens is 2. The quantitative estimate of drug-likeness (QED) is 0.887. The predicted molar refractivity (Wildman–Crippen MR) is 64.7 cm³/mol. The number of nitrogens with zero attached hydrogens (tertiary/aromatic N) is 1. The van der Waals surface area contributed by atoms with E-state index in [1.165, 1.54) is 17.0 Å². The van der Waals surface area contributed by atoms with E-state index in [1.807, 2.05) is 0 Å². The van der Waals surface area contributed by atoms with Crippen molar-refractivity contribution in [1.29, 1.82) is 0 Å². The fraction of sp³-hybridized carbons (Fsp3) is 0.333. The predicted octanol–water partition coefficient (Wildman–Crippen LogP) is 1.57. The molecule has 1 atom stereocenters. The second-order valence-electron chi connectivity index (χ2n) is 4.16. The largest absolute Gasteiger partial charge is 0.368 e. The van der Waals surface area contributed by atoms with Crippen LogP contribution in [0.25, 0.3) is 0 Å². The number of hydrogen-bond donors (Lipinski definition) is 1. The molecule has 0 saturated carbocycles. The highest BCUT2D eigenvalue weighted by molar-refractivity contribution is 6.33. The summed E-state index contributed by atoms with van der Waals surface area (Å²) in [5.41, 5.74) is 5.02. The zero-order chi connectivity index (χ0) is 13.3. The van der Waals surface area contributed by atoms with Crippen LogP contribution in [0.4, 0.5) is 4.39 Å². The summed E-state index contributed by atoms with van der Waals surface area (Å²) in [4.78, 5) is 24.7. The van der Waals surface area contributed by atoms with Gasteiger partial charge in [0.25, 0.3) is 5.91 Å². The SMILES string of the molecule is NC(=O)[C@@H]1CCCN1C(=O)c1c(F)cccc1Cl. The average Bonchev–Trinajstić information content (AvgIpc) is 2.77. The van der Waals surface area contributed by atoms with Crippen LogP contribution in [0.3, 0.4) is 0 Å². The zero-order valence-electron chi connectivity index (χ0n) is 9.53. The molecule has 0 spiro atoms. The van der Waals surface area contributed by atoms with E-state index in [2.05, 4.69) is 0 Å². The van der Waals surface area contributed by atoms with E-state index in [0.29, 0.717) is 19.4 Å². The van der Waals surface area contributed by atoms with E-state index in [9.17, 15) is 14.0 Å². The van der Waals surface area contributed by atoms with Crippen LogP contribution in [-0.4, -0.2) is 29.3 Å². The summed E-state index contributed by atoms with van der Waals surface area (Å²) >= 11 is 5.83. The third kappa shape index (κ3) is 2.18. The van der Waals surface area contributed by atoms with Crippen molar-refractivity contribution in [1.82, 2.24) is 4.90 Å². The van der Waals surface area contributed by atoms with Crippen molar-refractivity contribution in [3.05, 3.63) is 34.6 Å². The lowest BCUT2D eigenvalue weighted by molar-refractivity contribution is -0.121. The summed E-state index contributed by atoms with van der Waals surface area (Å²) in [6, 6.07) is 3.35. The molecule has 0 radical (unpaired) electrons. The van der Waals surface area contributed by atoms with E-state index in [1.54, 1.807) is 0 Å². The standard InChI is InChI=1S/C12H12ClFN2O2/c13-7-3-1-4-8(14)10(7)12(18)16-6-2-5-9(16)11(15)17/h1,3-4,9H,2,5-6H2,(H2,15,17)/t9-/m0/s1. The molecule has 1 aromatic carbocycles. The Bertz CT molecular complexity index is 487. The lowest BCUT2D eigenvalue weighted by atomic mass is 10.1. The molecule has 1 heterocycles. The molecule has 6 heteroatoms. The summed E-state index contributed by atoms with van der Waals surface area (Å²) in [5, 5.41) is 0.0371. The van der Waals surface area contributed by atoms with E-state index in [4.69, 9.17) is 17.3 Å². The van der Waals surface area contributed by atoms with Gasteiger partial charge in [0.15, 0.2) is 0 Å². The number of primary amides is 1. The van der Waals surface area contributed by atoms with Crippen molar-refractivity contribution >= 4 is 23.4 Å². The smallest absolute Gasteiger partial charge is 0.259 e. The van der Waals surface area contributed by atoms with Gasteiger partial charge in [-0.3, -0.25) is 9.59 Å². The highest BCUT2D eigenvalue weighted by Crippen LogP contribution is 2.25. The second-order valence-corrected chi connectivity index (χ2v) is 4.56. The maximum atomic E-state index is 13.6. The van der Waals surface area contributed by atoms with Gasteiger partial charge in [-0.2, -0.15) is 0 Å². The normalized spacial score (nSPS) is 19.0. The minimum Gasteiger partial charge on any atom is -0.368 e. The van der Waals surface area contributed by atoms with Crippen molar-refractivity contribution in [2.45, 2.75) is 18.9 Å². The van der Waals surface area contributed by atoms with Crippen LogP contribution in [-0.2, 0) is 4.79 Å². The highest BCUT2D eigenvalue weighted by Gasteiger charge is 2.34. The Hall–Kier alpha value is -1.62. The van der Waals surface area contributed by atoms with Crippen LogP contribution in [0.15, 0.2) is 18.2 Å². The minimum atomic E-state index is -0.692. The number of nitrogens with two attached hydrogens (primary N) is 1. The number of carbonyl (C=O) groups is 2. The number of likely N-dealkylation sites (tertiary alicyclic amines) is 1. The Labute approximate surface area is 109 Å². The summed E-state index contributed by atoms with van der Waals surface area (Å²) in [6.07, 6.45) is 1.18. The first-order valence-electron chi connectivity index (χ1n) is 5.56. The number of amides is 2. The van der Waals surface area contributed by atoms with Gasteiger partial charge in [-0.25, -0.2) is 4.39 Å². The molecule has 2 amide bonds. The molecule has 96 valence electrons. The molecule has 2 N–H and O–H groups in total. The van der Waals surface area contributed by atoms with Gasteiger partial charge in [-0.1, -0.05) is 17.7 Å². The van der Waals surface area contributed by atoms with Crippen molar-refractivity contribution in [3.63, 3.8) is 0 Å². The van der Waals surface area contributed by atoms with E-state index < -0.39 is 23.7 Å². The van der Waals surface area contributed by atoms with Crippen LogP contribution >= 0.6 is 11.6 Å². The van der Waals surface area contributed by atoms with E-state index >= 15 is 0 Å². The van der Waals surface area contributed by atoms with Gasteiger partial charge >= 0.3 is 0 Å². The van der Waals surface area contributed by atoms with Crippen LogP contribution < -0.4 is 5.73 Å². The van der Waals surface area contributed by atoms with Crippen LogP contribution in [0, 0.1) is 5.82 Å². The average molecular weight is 271 g/mol. The first kappa shape index (κ1) is 12.8. The molecule has 4 nitrogen and oxygen atoms in total. The topological polar surface area (TPSA) is 63.4 Å². The molecule has 0 aromatic heterocycles. The van der Waals surface area contributed by atoms with Gasteiger partial charge in [0.2, 0.25) is 5.91 Å². The summed E-state index contributed by atoms with van der Waals surface area (Å²) < 4.78 is 13.6. The fourth-order valence-electron chi connectivity index (χ4n) is 2.15. The van der Waals surface area contributed by atoms with Gasteiger partial charge in [-0.15, -0.1) is 0 Å². The maximum absolute atomic E-state index is 13.6. The van der Waals surface area contributed by atoms with Crippen molar-refractivity contribution in [3.8, 4) is 0 Å². The molecule has 0 bridgehead atoms. The third-order valence-corrected chi connectivity index (χ3v) is 3.33. The molecule has 1 fully saturated rings. The Balaban J connectivity index is 2.34. The number of rotatable bonds is 2. The van der Waals surface area contributed by atoms with Gasteiger partial charge in [-0.05, 0) is 25.0 Å². The molecule has 1 aromatic rings. The van der Waals surface area contributed by atoms with Crippen molar-refractivity contribution in [2.75, 3.05) is 6.54 Å². The Morgan fingerprint density at radius 3 is 2.78 bits per heavy atom. The Morgan fingerprint density at radius 1 is 1.44 bits per heavy atom. The number of benzene rings is 1. The fourth-order valence-corrected chi connectivity index (χ4v) is 2.40. The molecule has 0 aliphatic carbocycles. The van der Waals surface area contributed by atoms with Crippen molar-refractivity contribution in [2.24, 2.45) is 5.73 Å². The Morgan fingerprint density at radius 2 is 2.17 bits per heavy atom. The first-order valence-corrected chi connectivity index (χ1v) is 5.94. The van der Waals surface area contributed by atoms with Crippen LogP contribution in [0.2, 0.25) is 5.02 Å². The minimum absolute atomic E-state index is 0.0371. The van der Waals surface area contributed by atoms with Gasteiger partial charge in [0.1, 0.15) is 11.9 Å². The molecule has 1 saturated heterocycles. The van der Waals surface area contributed by atoms with E-state index in [-0.39, 0.29) is 10.6 Å². The lowest BCUT2D eigenvalue weighted by Gasteiger charge is -2.22. The highest BCUT2D eigenvalue weighted by atomic mass is 35.5. The molecule has 0 unspecified atom stereocenters. The monoisotopic (exact) mass is 270 g/mol. The molecular formula is C12H12ClFN2O2. The van der Waals surface area contributed by atoms with Gasteiger partial charge < -0.3 is 10.6 Å². The molecular weight excluding hydrogens is 259 g/mol. The molecule has 1 aliphatic heterocycles. The summed E-state index contributed by atoms with van der Waals surface area (Å²) in [7, 11) is 0. The zero-order valence-corrected chi connectivity index (χ0v) is 10.3. The van der Waals surface area contributed by atoms with E-state index in [0.717, 1.165) is 6.07 Å². The molecule has 2 rings (SSSR count). The number of carbonyl (C=O) groups excluding carboxylic acids is 2. The summed E-state index contributed by atoms with van der Waals surface area (Å²) in [6.45, 7) is 0.386. The first-order chi connectivity index (χ1) is 8.52. The van der Waals surface area contributed by atoms with Crippen molar-refractivity contribution < 1.29 is 14.0 Å². The van der Waals surface area contributed by atoms with Crippen LogP contribution in [0.5, 0.6) is 0 Å². The van der Waals surface area contributed by atoms with Gasteiger partial charge in [0, 0.05) is 6.54 Å². The third-order valence-electron chi connectivity index (χ3n) is 3.02. The number of hydrogen-bond acceptors (Lipinski definition) is 2. The van der Waals surface area contributed by atoms with Gasteiger partial charge in [0.05, 0.1) is 10.6 Å². The molecule has 18 heavy (non-hydrogen) atoms.